The highest BCUT2D eigenvalue weighted by Gasteiger charge is 2.31. The normalized spacial score (nSPS) is 11.4. The number of nitrogens with zero attached hydrogens (tertiary/aromatic N) is 1. The molecule has 7 heteroatoms. The molecule has 128 valence electrons. The van der Waals surface area contributed by atoms with E-state index in [1.807, 2.05) is 37.3 Å². The molecule has 3 nitrogen and oxygen atoms in total. The maximum atomic E-state index is 12.8. The van der Waals surface area contributed by atoms with Crippen molar-refractivity contribution in [1.82, 2.24) is 4.98 Å². The largest absolute Gasteiger partial charge is 0.416 e. The minimum absolute atomic E-state index is 0.0658. The first-order chi connectivity index (χ1) is 11.8. The Morgan fingerprint density at radius 2 is 1.80 bits per heavy atom. The summed E-state index contributed by atoms with van der Waals surface area (Å²) in [6.45, 7) is 1.87. The minimum atomic E-state index is -4.49. The SMILES string of the molecule is Cc1sc(NC(=O)c2cccc(C(F)(F)F)c2)nc1-c1ccccc1. The lowest BCUT2D eigenvalue weighted by atomic mass is 10.1. The first kappa shape index (κ1) is 17.2. The number of rotatable bonds is 3. The average molecular weight is 362 g/mol. The number of amides is 1. The van der Waals surface area contributed by atoms with E-state index >= 15 is 0 Å². The van der Waals surface area contributed by atoms with E-state index in [0.717, 1.165) is 28.3 Å². The van der Waals surface area contributed by atoms with E-state index in [4.69, 9.17) is 0 Å². The molecule has 2 aromatic carbocycles. The highest BCUT2D eigenvalue weighted by Crippen LogP contribution is 2.31. The molecule has 0 unspecified atom stereocenters. The van der Waals surface area contributed by atoms with Crippen LogP contribution in [0.2, 0.25) is 0 Å². The summed E-state index contributed by atoms with van der Waals surface area (Å²) in [5, 5.41) is 2.92. The molecule has 0 aliphatic rings. The third-order valence-electron chi connectivity index (χ3n) is 3.52. The fourth-order valence-electron chi connectivity index (χ4n) is 2.32. The van der Waals surface area contributed by atoms with Crippen LogP contribution in [0.5, 0.6) is 0 Å². The van der Waals surface area contributed by atoms with Crippen LogP contribution in [0.25, 0.3) is 11.3 Å². The number of benzene rings is 2. The summed E-state index contributed by atoms with van der Waals surface area (Å²) in [6.07, 6.45) is -4.49. The van der Waals surface area contributed by atoms with Crippen molar-refractivity contribution in [2.24, 2.45) is 0 Å². The molecule has 0 spiro atoms. The zero-order valence-electron chi connectivity index (χ0n) is 13.1. The van der Waals surface area contributed by atoms with Crippen LogP contribution in [0.15, 0.2) is 54.6 Å². The van der Waals surface area contributed by atoms with E-state index in [-0.39, 0.29) is 5.56 Å². The van der Waals surface area contributed by atoms with Crippen molar-refractivity contribution in [3.8, 4) is 11.3 Å². The predicted octanol–water partition coefficient (Wildman–Crippen LogP) is 5.39. The first-order valence-corrected chi connectivity index (χ1v) is 8.18. The van der Waals surface area contributed by atoms with Crippen LogP contribution < -0.4 is 5.32 Å². The zero-order valence-corrected chi connectivity index (χ0v) is 13.9. The summed E-state index contributed by atoms with van der Waals surface area (Å²) in [7, 11) is 0. The Morgan fingerprint density at radius 3 is 2.48 bits per heavy atom. The average Bonchev–Trinajstić information content (AvgIpc) is 2.95. The molecule has 25 heavy (non-hydrogen) atoms. The number of nitrogens with one attached hydrogen (secondary N) is 1. The van der Waals surface area contributed by atoms with Crippen LogP contribution in [0.1, 0.15) is 20.8 Å². The summed E-state index contributed by atoms with van der Waals surface area (Å²) in [4.78, 5) is 17.5. The molecule has 3 aromatic rings. The molecule has 1 N–H and O–H groups in total. The first-order valence-electron chi connectivity index (χ1n) is 7.36. The Balaban J connectivity index is 1.83. The highest BCUT2D eigenvalue weighted by molar-refractivity contribution is 7.16. The second-order valence-corrected chi connectivity index (χ2v) is 6.53. The monoisotopic (exact) mass is 362 g/mol. The molecule has 0 fully saturated rings. The van der Waals surface area contributed by atoms with Crippen molar-refractivity contribution in [3.63, 3.8) is 0 Å². The Labute approximate surface area is 146 Å². The fraction of sp³-hybridized carbons (Fsp3) is 0.111. The number of aryl methyl sites for hydroxylation is 1. The summed E-state index contributed by atoms with van der Waals surface area (Å²) < 4.78 is 38.3. The molecule has 0 bridgehead atoms. The summed E-state index contributed by atoms with van der Waals surface area (Å²) in [6, 6.07) is 13.8. The summed E-state index contributed by atoms with van der Waals surface area (Å²) in [5.74, 6) is -0.625. The second kappa shape index (κ2) is 6.68. The summed E-state index contributed by atoms with van der Waals surface area (Å²) >= 11 is 1.28. The number of carbonyl (C=O) groups excluding carboxylic acids is 1. The van der Waals surface area contributed by atoms with Gasteiger partial charge in [0.05, 0.1) is 11.3 Å². The van der Waals surface area contributed by atoms with Crippen molar-refractivity contribution in [2.45, 2.75) is 13.1 Å². The lowest BCUT2D eigenvalue weighted by Gasteiger charge is -2.08. The van der Waals surface area contributed by atoms with Crippen LogP contribution in [-0.2, 0) is 6.18 Å². The molecule has 0 radical (unpaired) electrons. The molecule has 1 heterocycles. The van der Waals surface area contributed by atoms with Crippen molar-refractivity contribution in [1.29, 1.82) is 0 Å². The van der Waals surface area contributed by atoms with Gasteiger partial charge in [-0.2, -0.15) is 13.2 Å². The number of hydrogen-bond donors (Lipinski definition) is 1. The number of thiazole rings is 1. The van der Waals surface area contributed by atoms with E-state index < -0.39 is 17.6 Å². The van der Waals surface area contributed by atoms with Gasteiger partial charge in [-0.15, -0.1) is 11.3 Å². The predicted molar refractivity (Wildman–Crippen MR) is 91.7 cm³/mol. The molecule has 0 atom stereocenters. The van der Waals surface area contributed by atoms with Gasteiger partial charge in [0.15, 0.2) is 5.13 Å². The Kier molecular flexibility index (Phi) is 4.59. The smallest absolute Gasteiger partial charge is 0.298 e. The van der Waals surface area contributed by atoms with Gasteiger partial charge in [0.1, 0.15) is 0 Å². The summed E-state index contributed by atoms with van der Waals surface area (Å²) in [5.41, 5.74) is 0.727. The molecule has 1 aromatic heterocycles. The minimum Gasteiger partial charge on any atom is -0.298 e. The molecular formula is C18H13F3N2OS. The van der Waals surface area contributed by atoms with Crippen molar-refractivity contribution >= 4 is 22.4 Å². The number of halogens is 3. The number of alkyl halides is 3. The highest BCUT2D eigenvalue weighted by atomic mass is 32.1. The van der Waals surface area contributed by atoms with Crippen molar-refractivity contribution in [2.75, 3.05) is 5.32 Å². The van der Waals surface area contributed by atoms with Crippen LogP contribution in [0.3, 0.4) is 0 Å². The molecule has 0 aliphatic carbocycles. The standard InChI is InChI=1S/C18H13F3N2OS/c1-11-15(12-6-3-2-4-7-12)22-17(25-11)23-16(24)13-8-5-9-14(10-13)18(19,20)21/h2-10H,1H3,(H,22,23,24). The van der Waals surface area contributed by atoms with Gasteiger partial charge >= 0.3 is 6.18 Å². The second-order valence-electron chi connectivity index (χ2n) is 5.32. The Morgan fingerprint density at radius 1 is 1.08 bits per heavy atom. The topological polar surface area (TPSA) is 42.0 Å². The maximum absolute atomic E-state index is 12.8. The van der Waals surface area contributed by atoms with Gasteiger partial charge < -0.3 is 0 Å². The molecule has 3 rings (SSSR count). The Bertz CT molecular complexity index is 904. The van der Waals surface area contributed by atoms with Crippen LogP contribution in [0, 0.1) is 6.92 Å². The number of aromatic nitrogens is 1. The number of carbonyl (C=O) groups is 1. The lowest BCUT2D eigenvalue weighted by Crippen LogP contribution is -2.13. The molecular weight excluding hydrogens is 349 g/mol. The number of anilines is 1. The van der Waals surface area contributed by atoms with Crippen molar-refractivity contribution < 1.29 is 18.0 Å². The van der Waals surface area contributed by atoms with Gasteiger partial charge in [-0.1, -0.05) is 36.4 Å². The van der Waals surface area contributed by atoms with Crippen LogP contribution >= 0.6 is 11.3 Å². The quantitative estimate of drug-likeness (QED) is 0.679. The van der Waals surface area contributed by atoms with E-state index in [1.54, 1.807) is 0 Å². The van der Waals surface area contributed by atoms with Crippen molar-refractivity contribution in [3.05, 3.63) is 70.6 Å². The van der Waals surface area contributed by atoms with Gasteiger partial charge in [0, 0.05) is 16.0 Å². The number of hydrogen-bond acceptors (Lipinski definition) is 3. The zero-order chi connectivity index (χ0) is 18.0. The van der Waals surface area contributed by atoms with E-state index in [1.165, 1.54) is 23.5 Å². The third kappa shape index (κ3) is 3.88. The third-order valence-corrected chi connectivity index (χ3v) is 4.40. The van der Waals surface area contributed by atoms with Crippen LogP contribution in [-0.4, -0.2) is 10.9 Å². The van der Waals surface area contributed by atoms with Gasteiger partial charge in [0.2, 0.25) is 0 Å². The lowest BCUT2D eigenvalue weighted by molar-refractivity contribution is -0.137. The van der Waals surface area contributed by atoms with E-state index in [9.17, 15) is 18.0 Å². The van der Waals surface area contributed by atoms with E-state index in [0.29, 0.717) is 5.13 Å². The van der Waals surface area contributed by atoms with Gasteiger partial charge in [-0.05, 0) is 25.1 Å². The van der Waals surface area contributed by atoms with E-state index in [2.05, 4.69) is 10.3 Å². The molecule has 0 saturated carbocycles. The maximum Gasteiger partial charge on any atom is 0.416 e. The van der Waals surface area contributed by atoms with Gasteiger partial charge in [-0.25, -0.2) is 4.98 Å². The molecule has 0 saturated heterocycles. The van der Waals surface area contributed by atoms with Crippen LogP contribution in [0.4, 0.5) is 18.3 Å². The van der Waals surface area contributed by atoms with Gasteiger partial charge in [-0.3, -0.25) is 10.1 Å². The fourth-order valence-corrected chi connectivity index (χ4v) is 3.15. The van der Waals surface area contributed by atoms with Gasteiger partial charge in [0.25, 0.3) is 5.91 Å². The molecule has 1 amide bonds. The Hall–Kier alpha value is -2.67. The molecule has 0 aliphatic heterocycles.